The van der Waals surface area contributed by atoms with Crippen LogP contribution in [0.4, 0.5) is 5.69 Å². The quantitative estimate of drug-likeness (QED) is 0.760. The van der Waals surface area contributed by atoms with E-state index in [4.69, 9.17) is 5.11 Å². The first-order valence-corrected chi connectivity index (χ1v) is 6.12. The Hall–Kier alpha value is -2.70. The summed E-state index contributed by atoms with van der Waals surface area (Å²) in [5.41, 5.74) is 1.12. The second kappa shape index (κ2) is 5.96. The Morgan fingerprint density at radius 3 is 2.85 bits per heavy atom. The number of rotatable bonds is 5. The number of benzene rings is 1. The fourth-order valence-corrected chi connectivity index (χ4v) is 1.68. The highest BCUT2D eigenvalue weighted by Crippen LogP contribution is 2.12. The largest absolute Gasteiger partial charge is 0.481 e. The maximum atomic E-state index is 11.9. The highest BCUT2D eigenvalue weighted by molar-refractivity contribution is 6.01. The van der Waals surface area contributed by atoms with Gasteiger partial charge in [-0.15, -0.1) is 5.10 Å². The number of aromatic amines is 1. The van der Waals surface area contributed by atoms with E-state index >= 15 is 0 Å². The highest BCUT2D eigenvalue weighted by atomic mass is 16.4. The molecule has 0 unspecified atom stereocenters. The third-order valence-electron chi connectivity index (χ3n) is 2.61. The minimum Gasteiger partial charge on any atom is -0.481 e. The van der Waals surface area contributed by atoms with Gasteiger partial charge in [-0.1, -0.05) is 19.1 Å². The van der Waals surface area contributed by atoms with Crippen LogP contribution in [0.25, 0.3) is 0 Å². The summed E-state index contributed by atoms with van der Waals surface area (Å²) in [6.07, 6.45) is 0.568. The molecule has 1 aromatic carbocycles. The van der Waals surface area contributed by atoms with Crippen molar-refractivity contribution in [1.29, 1.82) is 0 Å². The number of carboxylic acid groups (broad SMARTS) is 1. The van der Waals surface area contributed by atoms with Gasteiger partial charge in [0, 0.05) is 12.1 Å². The second-order valence-corrected chi connectivity index (χ2v) is 4.18. The molecule has 1 heterocycles. The highest BCUT2D eigenvalue weighted by Gasteiger charge is 2.12. The molecule has 0 fully saturated rings. The summed E-state index contributed by atoms with van der Waals surface area (Å²) in [7, 11) is 0. The van der Waals surface area contributed by atoms with Gasteiger partial charge in [-0.2, -0.15) is 0 Å². The number of H-pyrrole nitrogens is 1. The molecule has 0 aliphatic rings. The zero-order chi connectivity index (χ0) is 14.5. The number of amides is 1. The van der Waals surface area contributed by atoms with Gasteiger partial charge in [0.15, 0.2) is 0 Å². The van der Waals surface area contributed by atoms with Crippen molar-refractivity contribution in [2.24, 2.45) is 0 Å². The Balaban J connectivity index is 2.09. The van der Waals surface area contributed by atoms with Crippen LogP contribution in [0.2, 0.25) is 0 Å². The van der Waals surface area contributed by atoms with Crippen LogP contribution in [0.1, 0.15) is 28.9 Å². The summed E-state index contributed by atoms with van der Waals surface area (Å²) < 4.78 is 0. The number of carbonyl (C=O) groups is 2. The van der Waals surface area contributed by atoms with E-state index in [9.17, 15) is 9.59 Å². The zero-order valence-corrected chi connectivity index (χ0v) is 10.9. The van der Waals surface area contributed by atoms with Gasteiger partial charge in [0.05, 0.1) is 6.42 Å². The SMILES string of the molecule is CCc1nc(C(=O)Nc2cccc(CC(=O)O)c2)n[nH]1. The molecule has 0 atom stereocenters. The third kappa shape index (κ3) is 3.41. The van der Waals surface area contributed by atoms with E-state index in [2.05, 4.69) is 20.5 Å². The molecular formula is C13H14N4O3. The van der Waals surface area contributed by atoms with Crippen molar-refractivity contribution in [2.75, 3.05) is 5.32 Å². The molecule has 0 spiro atoms. The second-order valence-electron chi connectivity index (χ2n) is 4.18. The standard InChI is InChI=1S/C13H14N4O3/c1-2-10-15-12(17-16-10)13(20)14-9-5-3-4-8(6-9)7-11(18)19/h3-6H,2,7H2,1H3,(H,14,20)(H,18,19)(H,15,16,17). The first-order chi connectivity index (χ1) is 9.58. The molecule has 1 aromatic heterocycles. The van der Waals surface area contributed by atoms with Crippen molar-refractivity contribution in [2.45, 2.75) is 19.8 Å². The molecule has 3 N–H and O–H groups in total. The number of aliphatic carboxylic acids is 1. The molecule has 7 heteroatoms. The fraction of sp³-hybridized carbons (Fsp3) is 0.231. The predicted molar refractivity (Wildman–Crippen MR) is 71.5 cm³/mol. The molecular weight excluding hydrogens is 260 g/mol. The molecule has 0 saturated heterocycles. The number of carbonyl (C=O) groups excluding carboxylic acids is 1. The molecule has 104 valence electrons. The van der Waals surface area contributed by atoms with Crippen LogP contribution in [0, 0.1) is 0 Å². The minimum atomic E-state index is -0.921. The van der Waals surface area contributed by atoms with Gasteiger partial charge < -0.3 is 10.4 Å². The Morgan fingerprint density at radius 2 is 2.20 bits per heavy atom. The number of aromatic nitrogens is 3. The van der Waals surface area contributed by atoms with Crippen LogP contribution >= 0.6 is 0 Å². The molecule has 0 aliphatic carbocycles. The third-order valence-corrected chi connectivity index (χ3v) is 2.61. The maximum absolute atomic E-state index is 11.9. The molecule has 0 saturated carbocycles. The van der Waals surface area contributed by atoms with Gasteiger partial charge in [-0.05, 0) is 17.7 Å². The van der Waals surface area contributed by atoms with E-state index in [1.54, 1.807) is 24.3 Å². The van der Waals surface area contributed by atoms with Crippen molar-refractivity contribution in [3.05, 3.63) is 41.5 Å². The average Bonchev–Trinajstić information content (AvgIpc) is 2.87. The number of aryl methyl sites for hydroxylation is 1. The Labute approximate surface area is 115 Å². The number of hydrogen-bond donors (Lipinski definition) is 3. The van der Waals surface area contributed by atoms with Crippen LogP contribution in [-0.4, -0.2) is 32.2 Å². The molecule has 2 aromatic rings. The lowest BCUT2D eigenvalue weighted by Crippen LogP contribution is -2.14. The summed E-state index contributed by atoms with van der Waals surface area (Å²) in [5.74, 6) is -0.663. The van der Waals surface area contributed by atoms with Crippen molar-refractivity contribution < 1.29 is 14.7 Å². The van der Waals surface area contributed by atoms with Crippen LogP contribution in [0.15, 0.2) is 24.3 Å². The van der Waals surface area contributed by atoms with Gasteiger partial charge in [-0.25, -0.2) is 4.98 Å². The van der Waals surface area contributed by atoms with Gasteiger partial charge in [-0.3, -0.25) is 14.7 Å². The van der Waals surface area contributed by atoms with E-state index in [0.717, 1.165) is 0 Å². The van der Waals surface area contributed by atoms with E-state index in [1.165, 1.54) is 0 Å². The molecule has 2 rings (SSSR count). The normalized spacial score (nSPS) is 10.2. The van der Waals surface area contributed by atoms with Gasteiger partial charge in [0.25, 0.3) is 5.91 Å². The van der Waals surface area contributed by atoms with Crippen LogP contribution in [0.5, 0.6) is 0 Å². The Kier molecular flexibility index (Phi) is 4.09. The molecule has 20 heavy (non-hydrogen) atoms. The number of nitrogens with zero attached hydrogens (tertiary/aromatic N) is 2. The molecule has 0 aliphatic heterocycles. The molecule has 0 bridgehead atoms. The molecule has 0 radical (unpaired) electrons. The van der Waals surface area contributed by atoms with E-state index in [0.29, 0.717) is 23.5 Å². The van der Waals surface area contributed by atoms with E-state index < -0.39 is 11.9 Å². The van der Waals surface area contributed by atoms with Crippen molar-refractivity contribution in [3.8, 4) is 0 Å². The lowest BCUT2D eigenvalue weighted by molar-refractivity contribution is -0.136. The zero-order valence-electron chi connectivity index (χ0n) is 10.9. The first-order valence-electron chi connectivity index (χ1n) is 6.12. The molecule has 7 nitrogen and oxygen atoms in total. The van der Waals surface area contributed by atoms with Gasteiger partial charge >= 0.3 is 5.97 Å². The van der Waals surface area contributed by atoms with Crippen LogP contribution in [0.3, 0.4) is 0 Å². The number of anilines is 1. The predicted octanol–water partition coefficient (Wildman–Crippen LogP) is 1.25. The maximum Gasteiger partial charge on any atom is 0.307 e. The number of hydrogen-bond acceptors (Lipinski definition) is 4. The smallest absolute Gasteiger partial charge is 0.307 e. The summed E-state index contributed by atoms with van der Waals surface area (Å²) >= 11 is 0. The summed E-state index contributed by atoms with van der Waals surface area (Å²) in [4.78, 5) is 26.6. The number of carboxylic acids is 1. The topological polar surface area (TPSA) is 108 Å². The van der Waals surface area contributed by atoms with Crippen LogP contribution < -0.4 is 5.32 Å². The van der Waals surface area contributed by atoms with Crippen molar-refractivity contribution in [1.82, 2.24) is 15.2 Å². The van der Waals surface area contributed by atoms with Crippen molar-refractivity contribution >= 4 is 17.6 Å². The lowest BCUT2D eigenvalue weighted by atomic mass is 10.1. The molecule has 1 amide bonds. The van der Waals surface area contributed by atoms with Crippen molar-refractivity contribution in [3.63, 3.8) is 0 Å². The summed E-state index contributed by atoms with van der Waals surface area (Å²) in [6, 6.07) is 6.66. The van der Waals surface area contributed by atoms with Gasteiger partial charge in [0.1, 0.15) is 5.82 Å². The fourth-order valence-electron chi connectivity index (χ4n) is 1.68. The van der Waals surface area contributed by atoms with E-state index in [1.807, 2.05) is 6.92 Å². The summed E-state index contributed by atoms with van der Waals surface area (Å²) in [5, 5.41) is 17.8. The van der Waals surface area contributed by atoms with Crippen LogP contribution in [-0.2, 0) is 17.6 Å². The average molecular weight is 274 g/mol. The van der Waals surface area contributed by atoms with Gasteiger partial charge in [0.2, 0.25) is 5.82 Å². The Morgan fingerprint density at radius 1 is 1.40 bits per heavy atom. The lowest BCUT2D eigenvalue weighted by Gasteiger charge is -2.04. The number of nitrogens with one attached hydrogen (secondary N) is 2. The Bertz CT molecular complexity index is 636. The first kappa shape index (κ1) is 13.7. The summed E-state index contributed by atoms with van der Waals surface area (Å²) in [6.45, 7) is 1.90. The minimum absolute atomic E-state index is 0.0606. The monoisotopic (exact) mass is 274 g/mol. The van der Waals surface area contributed by atoms with E-state index in [-0.39, 0.29) is 12.2 Å².